The van der Waals surface area contributed by atoms with Crippen LogP contribution in [-0.4, -0.2) is 43.2 Å². The molecule has 0 spiro atoms. The Labute approximate surface area is 91.8 Å². The minimum atomic E-state index is -0.465. The molecule has 1 saturated carbocycles. The lowest BCUT2D eigenvalue weighted by atomic mass is 10.2. The lowest BCUT2D eigenvalue weighted by Crippen LogP contribution is -2.37. The quantitative estimate of drug-likeness (QED) is 0.635. The molecule has 15 heavy (non-hydrogen) atoms. The van der Waals surface area contributed by atoms with Gasteiger partial charge in [0.2, 0.25) is 0 Å². The molecule has 1 aliphatic rings. The Kier molecular flexibility index (Phi) is 5.05. The second-order valence-corrected chi connectivity index (χ2v) is 4.19. The summed E-state index contributed by atoms with van der Waals surface area (Å²) >= 11 is 0. The average Bonchev–Trinajstić information content (AvgIpc) is 3.06. The van der Waals surface area contributed by atoms with Crippen molar-refractivity contribution in [1.82, 2.24) is 4.90 Å². The van der Waals surface area contributed by atoms with Gasteiger partial charge in [0.1, 0.15) is 6.04 Å². The monoisotopic (exact) mass is 214 g/mol. The first-order chi connectivity index (χ1) is 7.19. The first-order valence-corrected chi connectivity index (χ1v) is 5.76. The second kappa shape index (κ2) is 6.08. The van der Waals surface area contributed by atoms with Crippen molar-refractivity contribution in [2.24, 2.45) is 5.73 Å². The van der Waals surface area contributed by atoms with Gasteiger partial charge >= 0.3 is 5.97 Å². The predicted molar refractivity (Wildman–Crippen MR) is 59.5 cm³/mol. The van der Waals surface area contributed by atoms with Crippen LogP contribution in [0.4, 0.5) is 0 Å². The van der Waals surface area contributed by atoms with Gasteiger partial charge in [-0.1, -0.05) is 6.92 Å². The van der Waals surface area contributed by atoms with E-state index >= 15 is 0 Å². The lowest BCUT2D eigenvalue weighted by molar-refractivity contribution is -0.142. The fraction of sp³-hybridized carbons (Fsp3) is 0.909. The Morgan fingerprint density at radius 1 is 1.53 bits per heavy atom. The van der Waals surface area contributed by atoms with Crippen LogP contribution in [0.1, 0.15) is 32.6 Å². The number of hydrogen-bond donors (Lipinski definition) is 1. The summed E-state index contributed by atoms with van der Waals surface area (Å²) in [5.74, 6) is -0.303. The van der Waals surface area contributed by atoms with E-state index in [9.17, 15) is 4.79 Å². The maximum Gasteiger partial charge on any atom is 0.322 e. The van der Waals surface area contributed by atoms with Crippen molar-refractivity contribution < 1.29 is 9.53 Å². The molecule has 1 unspecified atom stereocenters. The lowest BCUT2D eigenvalue weighted by Gasteiger charge is -2.22. The molecule has 0 heterocycles. The minimum absolute atomic E-state index is 0.303. The third-order valence-electron chi connectivity index (χ3n) is 2.81. The van der Waals surface area contributed by atoms with Crippen LogP contribution in [0.2, 0.25) is 0 Å². The van der Waals surface area contributed by atoms with Crippen LogP contribution in [0.5, 0.6) is 0 Å². The van der Waals surface area contributed by atoms with Crippen molar-refractivity contribution in [2.45, 2.75) is 44.7 Å². The van der Waals surface area contributed by atoms with Gasteiger partial charge in [0.25, 0.3) is 0 Å². The van der Waals surface area contributed by atoms with Crippen LogP contribution < -0.4 is 5.73 Å². The molecule has 4 nitrogen and oxygen atoms in total. The summed E-state index contributed by atoms with van der Waals surface area (Å²) in [6, 6.07) is 0.280. The van der Waals surface area contributed by atoms with E-state index in [1.807, 2.05) is 0 Å². The highest BCUT2D eigenvalue weighted by Crippen LogP contribution is 2.26. The SMILES string of the molecule is CCCN(CCC(N)C(=O)OC)C1CC1. The van der Waals surface area contributed by atoms with Gasteiger partial charge in [-0.3, -0.25) is 4.79 Å². The van der Waals surface area contributed by atoms with Crippen LogP contribution in [0.15, 0.2) is 0 Å². The van der Waals surface area contributed by atoms with Gasteiger partial charge in [0.15, 0.2) is 0 Å². The zero-order valence-corrected chi connectivity index (χ0v) is 9.74. The molecule has 2 N–H and O–H groups in total. The van der Waals surface area contributed by atoms with Crippen molar-refractivity contribution in [1.29, 1.82) is 0 Å². The predicted octanol–water partition coefficient (Wildman–Crippen LogP) is 0.751. The Balaban J connectivity index is 2.23. The maximum absolute atomic E-state index is 11.1. The Morgan fingerprint density at radius 2 is 2.20 bits per heavy atom. The van der Waals surface area contributed by atoms with Crippen LogP contribution in [0.25, 0.3) is 0 Å². The third kappa shape index (κ3) is 4.18. The zero-order valence-electron chi connectivity index (χ0n) is 9.74. The van der Waals surface area contributed by atoms with Gasteiger partial charge in [0, 0.05) is 12.6 Å². The van der Waals surface area contributed by atoms with E-state index in [0.29, 0.717) is 6.42 Å². The number of carbonyl (C=O) groups excluding carboxylic acids is 1. The van der Waals surface area contributed by atoms with Crippen molar-refractivity contribution in [2.75, 3.05) is 20.2 Å². The van der Waals surface area contributed by atoms with E-state index in [4.69, 9.17) is 5.73 Å². The topological polar surface area (TPSA) is 55.6 Å². The average molecular weight is 214 g/mol. The number of rotatable bonds is 7. The van der Waals surface area contributed by atoms with Crippen molar-refractivity contribution >= 4 is 5.97 Å². The molecule has 1 atom stereocenters. The molecule has 0 aromatic rings. The van der Waals surface area contributed by atoms with E-state index in [2.05, 4.69) is 16.6 Å². The molecule has 0 bridgehead atoms. The van der Waals surface area contributed by atoms with Crippen LogP contribution in [-0.2, 0) is 9.53 Å². The highest BCUT2D eigenvalue weighted by molar-refractivity contribution is 5.75. The summed E-state index contributed by atoms with van der Waals surface area (Å²) in [5.41, 5.74) is 5.69. The molecule has 1 fully saturated rings. The first kappa shape index (κ1) is 12.5. The normalized spacial score (nSPS) is 17.9. The third-order valence-corrected chi connectivity index (χ3v) is 2.81. The summed E-state index contributed by atoms with van der Waals surface area (Å²) < 4.78 is 4.60. The summed E-state index contributed by atoms with van der Waals surface area (Å²) in [6.45, 7) is 4.20. The van der Waals surface area contributed by atoms with E-state index in [0.717, 1.165) is 25.6 Å². The summed E-state index contributed by atoms with van der Waals surface area (Å²) in [7, 11) is 1.38. The fourth-order valence-electron chi connectivity index (χ4n) is 1.78. The van der Waals surface area contributed by atoms with Gasteiger partial charge in [-0.15, -0.1) is 0 Å². The molecule has 1 rings (SSSR count). The smallest absolute Gasteiger partial charge is 0.322 e. The number of ether oxygens (including phenoxy) is 1. The molecule has 88 valence electrons. The molecular formula is C11H22N2O2. The molecule has 0 aromatic carbocycles. The molecule has 0 radical (unpaired) electrons. The number of esters is 1. The Bertz CT molecular complexity index is 205. The molecule has 0 saturated heterocycles. The molecule has 4 heteroatoms. The summed E-state index contributed by atoms with van der Waals surface area (Å²) in [4.78, 5) is 13.5. The Morgan fingerprint density at radius 3 is 2.67 bits per heavy atom. The van der Waals surface area contributed by atoms with Gasteiger partial charge in [0.05, 0.1) is 7.11 Å². The highest BCUT2D eigenvalue weighted by Gasteiger charge is 2.28. The fourth-order valence-corrected chi connectivity index (χ4v) is 1.78. The van der Waals surface area contributed by atoms with E-state index in [1.165, 1.54) is 20.0 Å². The van der Waals surface area contributed by atoms with Gasteiger partial charge in [-0.2, -0.15) is 0 Å². The van der Waals surface area contributed by atoms with Gasteiger partial charge in [-0.25, -0.2) is 0 Å². The molecule has 1 aliphatic carbocycles. The van der Waals surface area contributed by atoms with Crippen molar-refractivity contribution in [3.05, 3.63) is 0 Å². The largest absolute Gasteiger partial charge is 0.468 e. The van der Waals surface area contributed by atoms with E-state index < -0.39 is 6.04 Å². The second-order valence-electron chi connectivity index (χ2n) is 4.19. The molecule has 0 aliphatic heterocycles. The molecule has 0 amide bonds. The van der Waals surface area contributed by atoms with Crippen LogP contribution in [0, 0.1) is 0 Å². The first-order valence-electron chi connectivity index (χ1n) is 5.76. The number of hydrogen-bond acceptors (Lipinski definition) is 4. The van der Waals surface area contributed by atoms with Gasteiger partial charge in [-0.05, 0) is 32.2 Å². The zero-order chi connectivity index (χ0) is 11.3. The Hall–Kier alpha value is -0.610. The number of methoxy groups -OCH3 is 1. The number of carbonyl (C=O) groups is 1. The standard InChI is InChI=1S/C11H22N2O2/c1-3-7-13(9-4-5-9)8-6-10(12)11(14)15-2/h9-10H,3-8,12H2,1-2H3. The molecular weight excluding hydrogens is 192 g/mol. The van der Waals surface area contributed by atoms with Crippen LogP contribution >= 0.6 is 0 Å². The van der Waals surface area contributed by atoms with Crippen molar-refractivity contribution in [3.8, 4) is 0 Å². The maximum atomic E-state index is 11.1. The van der Waals surface area contributed by atoms with Crippen LogP contribution in [0.3, 0.4) is 0 Å². The summed E-state index contributed by atoms with van der Waals surface area (Å²) in [5, 5.41) is 0. The van der Waals surface area contributed by atoms with Gasteiger partial charge < -0.3 is 15.4 Å². The number of nitrogens with zero attached hydrogens (tertiary/aromatic N) is 1. The van der Waals surface area contributed by atoms with E-state index in [1.54, 1.807) is 0 Å². The van der Waals surface area contributed by atoms with Crippen molar-refractivity contribution in [3.63, 3.8) is 0 Å². The van der Waals surface area contributed by atoms with E-state index in [-0.39, 0.29) is 5.97 Å². The molecule has 0 aromatic heterocycles. The number of nitrogens with two attached hydrogens (primary N) is 1. The minimum Gasteiger partial charge on any atom is -0.468 e. The summed E-state index contributed by atoms with van der Waals surface area (Å²) in [6.07, 6.45) is 4.45. The highest BCUT2D eigenvalue weighted by atomic mass is 16.5.